The highest BCUT2D eigenvalue weighted by Gasteiger charge is 2.23. The summed E-state index contributed by atoms with van der Waals surface area (Å²) in [4.78, 5) is 10.8. The molecule has 1 aromatic carbocycles. The molecule has 1 aliphatic heterocycles. The molecule has 0 radical (unpaired) electrons. The second-order valence-corrected chi connectivity index (χ2v) is 4.42. The van der Waals surface area contributed by atoms with Gasteiger partial charge in [-0.3, -0.25) is 0 Å². The minimum atomic E-state index is -0.465. The van der Waals surface area contributed by atoms with Crippen molar-refractivity contribution in [1.29, 1.82) is 0 Å². The fraction of sp³-hybridized carbons (Fsp3) is 0.462. The summed E-state index contributed by atoms with van der Waals surface area (Å²) in [6, 6.07) is 4.90. The van der Waals surface area contributed by atoms with Crippen LogP contribution in [0.15, 0.2) is 18.2 Å². The van der Waals surface area contributed by atoms with E-state index in [1.807, 2.05) is 14.0 Å². The first-order valence-corrected chi connectivity index (χ1v) is 6.14. The Morgan fingerprint density at radius 3 is 3.00 bits per heavy atom. The van der Waals surface area contributed by atoms with Crippen LogP contribution in [-0.4, -0.2) is 32.4 Å². The number of amides is 1. The minimum absolute atomic E-state index is 0.0727. The zero-order valence-electron chi connectivity index (χ0n) is 10.9. The summed E-state index contributed by atoms with van der Waals surface area (Å²) in [5.74, 6) is -0.258. The average Bonchev–Trinajstić information content (AvgIpc) is 2.82. The van der Waals surface area contributed by atoms with Gasteiger partial charge in [-0.05, 0) is 31.7 Å². The van der Waals surface area contributed by atoms with E-state index in [1.165, 1.54) is 6.07 Å². The Kier molecular flexibility index (Phi) is 4.21. The SMILES string of the molecule is CNC(C)c1ccc(OCC2CNC(=O)O2)c(F)c1. The molecule has 1 fully saturated rings. The van der Waals surface area contributed by atoms with Gasteiger partial charge in [0.05, 0.1) is 6.54 Å². The standard InChI is InChI=1S/C13H17FN2O3/c1-8(15-2)9-3-4-12(11(14)5-9)18-7-10-6-16-13(17)19-10/h3-5,8,10,15H,6-7H2,1-2H3,(H,16,17). The van der Waals surface area contributed by atoms with Crippen LogP contribution in [0.25, 0.3) is 0 Å². The number of carbonyl (C=O) groups excluding carboxylic acids is 1. The zero-order valence-corrected chi connectivity index (χ0v) is 10.9. The van der Waals surface area contributed by atoms with Crippen molar-refractivity contribution in [1.82, 2.24) is 10.6 Å². The summed E-state index contributed by atoms with van der Waals surface area (Å²) in [6.07, 6.45) is -0.838. The third kappa shape index (κ3) is 3.35. The number of alkyl carbamates (subject to hydrolysis) is 1. The summed E-state index contributed by atoms with van der Waals surface area (Å²) < 4.78 is 24.0. The Labute approximate surface area is 111 Å². The van der Waals surface area contributed by atoms with Crippen molar-refractivity contribution < 1.29 is 18.7 Å². The number of hydrogen-bond acceptors (Lipinski definition) is 4. The molecule has 1 amide bonds. The Hall–Kier alpha value is -1.82. The van der Waals surface area contributed by atoms with Gasteiger partial charge >= 0.3 is 6.09 Å². The van der Waals surface area contributed by atoms with E-state index in [9.17, 15) is 9.18 Å². The van der Waals surface area contributed by atoms with E-state index in [2.05, 4.69) is 10.6 Å². The Morgan fingerprint density at radius 2 is 2.42 bits per heavy atom. The quantitative estimate of drug-likeness (QED) is 0.851. The second-order valence-electron chi connectivity index (χ2n) is 4.42. The molecule has 0 spiro atoms. The Bertz CT molecular complexity index is 467. The lowest BCUT2D eigenvalue weighted by Gasteiger charge is -2.14. The Morgan fingerprint density at radius 1 is 1.63 bits per heavy atom. The second kappa shape index (κ2) is 5.88. The van der Waals surface area contributed by atoms with Gasteiger partial charge in [0, 0.05) is 6.04 Å². The van der Waals surface area contributed by atoms with E-state index in [0.717, 1.165) is 5.56 Å². The first-order valence-electron chi connectivity index (χ1n) is 6.14. The lowest BCUT2D eigenvalue weighted by atomic mass is 10.1. The Balaban J connectivity index is 1.95. The molecule has 2 unspecified atom stereocenters. The average molecular weight is 268 g/mol. The van der Waals surface area contributed by atoms with Crippen LogP contribution in [0.1, 0.15) is 18.5 Å². The van der Waals surface area contributed by atoms with E-state index in [1.54, 1.807) is 12.1 Å². The first-order chi connectivity index (χ1) is 9.10. The maximum Gasteiger partial charge on any atom is 0.407 e. The molecule has 104 valence electrons. The number of hydrogen-bond donors (Lipinski definition) is 2. The molecule has 0 saturated carbocycles. The molecule has 1 heterocycles. The monoisotopic (exact) mass is 268 g/mol. The number of nitrogens with one attached hydrogen (secondary N) is 2. The molecule has 0 bridgehead atoms. The highest BCUT2D eigenvalue weighted by molar-refractivity contribution is 5.69. The van der Waals surface area contributed by atoms with E-state index in [-0.39, 0.29) is 24.5 Å². The summed E-state index contributed by atoms with van der Waals surface area (Å²) in [5.41, 5.74) is 0.848. The molecular formula is C13H17FN2O3. The van der Waals surface area contributed by atoms with Gasteiger partial charge < -0.3 is 20.1 Å². The molecule has 1 aromatic rings. The van der Waals surface area contributed by atoms with Crippen LogP contribution in [-0.2, 0) is 4.74 Å². The van der Waals surface area contributed by atoms with Crippen LogP contribution in [0.4, 0.5) is 9.18 Å². The molecule has 19 heavy (non-hydrogen) atoms. The van der Waals surface area contributed by atoms with E-state index < -0.39 is 11.9 Å². The summed E-state index contributed by atoms with van der Waals surface area (Å²) in [7, 11) is 1.81. The van der Waals surface area contributed by atoms with Crippen LogP contribution >= 0.6 is 0 Å². The van der Waals surface area contributed by atoms with E-state index in [0.29, 0.717) is 6.54 Å². The van der Waals surface area contributed by atoms with Crippen molar-refractivity contribution >= 4 is 6.09 Å². The van der Waals surface area contributed by atoms with Crippen LogP contribution < -0.4 is 15.4 Å². The fourth-order valence-electron chi connectivity index (χ4n) is 1.78. The molecule has 0 aromatic heterocycles. The number of halogens is 1. The lowest BCUT2D eigenvalue weighted by molar-refractivity contribution is 0.103. The zero-order chi connectivity index (χ0) is 13.8. The number of cyclic esters (lactones) is 1. The normalized spacial score (nSPS) is 19.7. The number of benzene rings is 1. The molecule has 1 aliphatic rings. The lowest BCUT2D eigenvalue weighted by Crippen LogP contribution is -2.22. The summed E-state index contributed by atoms with van der Waals surface area (Å²) in [6.45, 7) is 2.46. The molecule has 2 N–H and O–H groups in total. The predicted molar refractivity (Wildman–Crippen MR) is 67.6 cm³/mol. The number of ether oxygens (including phenoxy) is 2. The van der Waals surface area contributed by atoms with E-state index >= 15 is 0 Å². The molecule has 2 atom stereocenters. The summed E-state index contributed by atoms with van der Waals surface area (Å²) >= 11 is 0. The van der Waals surface area contributed by atoms with Gasteiger partial charge in [0.25, 0.3) is 0 Å². The van der Waals surface area contributed by atoms with Crippen molar-refractivity contribution in [2.75, 3.05) is 20.2 Å². The topological polar surface area (TPSA) is 59.6 Å². The summed E-state index contributed by atoms with van der Waals surface area (Å²) in [5, 5.41) is 5.55. The van der Waals surface area contributed by atoms with Gasteiger partial charge in [-0.15, -0.1) is 0 Å². The van der Waals surface area contributed by atoms with Gasteiger partial charge in [-0.25, -0.2) is 9.18 Å². The van der Waals surface area contributed by atoms with Crippen LogP contribution in [0.5, 0.6) is 5.75 Å². The highest BCUT2D eigenvalue weighted by atomic mass is 19.1. The smallest absolute Gasteiger partial charge is 0.407 e. The molecule has 5 nitrogen and oxygen atoms in total. The van der Waals surface area contributed by atoms with Gasteiger partial charge in [0.1, 0.15) is 6.61 Å². The van der Waals surface area contributed by atoms with Gasteiger partial charge in [-0.1, -0.05) is 6.07 Å². The van der Waals surface area contributed by atoms with Gasteiger partial charge in [0.2, 0.25) is 0 Å². The third-order valence-electron chi connectivity index (χ3n) is 3.06. The van der Waals surface area contributed by atoms with Crippen LogP contribution in [0.3, 0.4) is 0 Å². The number of rotatable bonds is 5. The molecule has 1 saturated heterocycles. The van der Waals surface area contributed by atoms with Gasteiger partial charge in [-0.2, -0.15) is 0 Å². The van der Waals surface area contributed by atoms with Crippen molar-refractivity contribution in [3.05, 3.63) is 29.6 Å². The largest absolute Gasteiger partial charge is 0.487 e. The molecule has 0 aliphatic carbocycles. The highest BCUT2D eigenvalue weighted by Crippen LogP contribution is 2.22. The number of carbonyl (C=O) groups is 1. The van der Waals surface area contributed by atoms with Crippen LogP contribution in [0, 0.1) is 5.82 Å². The van der Waals surface area contributed by atoms with Crippen molar-refractivity contribution in [2.24, 2.45) is 0 Å². The third-order valence-corrected chi connectivity index (χ3v) is 3.06. The van der Waals surface area contributed by atoms with E-state index in [4.69, 9.17) is 9.47 Å². The maximum absolute atomic E-state index is 13.8. The predicted octanol–water partition coefficient (Wildman–Crippen LogP) is 1.59. The molecule has 6 heteroatoms. The first kappa shape index (κ1) is 13.6. The van der Waals surface area contributed by atoms with Gasteiger partial charge in [0.15, 0.2) is 17.7 Å². The van der Waals surface area contributed by atoms with Crippen molar-refractivity contribution in [3.8, 4) is 5.75 Å². The fourth-order valence-corrected chi connectivity index (χ4v) is 1.78. The van der Waals surface area contributed by atoms with Crippen molar-refractivity contribution in [3.63, 3.8) is 0 Å². The maximum atomic E-state index is 13.8. The van der Waals surface area contributed by atoms with Crippen LogP contribution in [0.2, 0.25) is 0 Å². The molecular weight excluding hydrogens is 251 g/mol. The minimum Gasteiger partial charge on any atom is -0.487 e. The molecule has 2 rings (SSSR count). The van der Waals surface area contributed by atoms with Crippen molar-refractivity contribution in [2.45, 2.75) is 19.1 Å².